The fourth-order valence-corrected chi connectivity index (χ4v) is 2.70. The monoisotopic (exact) mass is 364 g/mol. The highest BCUT2D eigenvalue weighted by Crippen LogP contribution is 2.13. The molecule has 0 fully saturated rings. The summed E-state index contributed by atoms with van der Waals surface area (Å²) in [5.41, 5.74) is 3.03. The Labute approximate surface area is 162 Å². The van der Waals surface area contributed by atoms with Gasteiger partial charge < -0.3 is 15.4 Å². The molecule has 0 bridgehead atoms. The zero-order valence-corrected chi connectivity index (χ0v) is 16.2. The molecule has 0 aromatic heterocycles. The van der Waals surface area contributed by atoms with E-state index in [-0.39, 0.29) is 0 Å². The second-order valence-corrected chi connectivity index (χ2v) is 6.24. The summed E-state index contributed by atoms with van der Waals surface area (Å²) in [6, 6.07) is 18.0. The fraction of sp³-hybridized carbons (Fsp3) is 0.364. The quantitative estimate of drug-likeness (QED) is 0.405. The Bertz CT molecular complexity index is 763. The lowest BCUT2D eigenvalue weighted by Crippen LogP contribution is -2.37. The molecule has 2 aromatic rings. The maximum atomic E-state index is 8.98. The maximum absolute atomic E-state index is 8.98. The summed E-state index contributed by atoms with van der Waals surface area (Å²) in [6.45, 7) is 4.30. The molecule has 0 heterocycles. The minimum atomic E-state index is 0.552. The van der Waals surface area contributed by atoms with Crippen LogP contribution in [-0.4, -0.2) is 26.2 Å². The number of rotatable bonds is 9. The van der Waals surface area contributed by atoms with Crippen molar-refractivity contribution in [3.8, 4) is 11.8 Å². The molecule has 0 saturated heterocycles. The van der Waals surface area contributed by atoms with E-state index in [1.54, 1.807) is 13.2 Å². The molecular weight excluding hydrogens is 336 g/mol. The van der Waals surface area contributed by atoms with Crippen LogP contribution in [0.5, 0.6) is 5.75 Å². The van der Waals surface area contributed by atoms with E-state index in [0.717, 1.165) is 49.6 Å². The summed E-state index contributed by atoms with van der Waals surface area (Å²) in [7, 11) is 1.68. The van der Waals surface area contributed by atoms with E-state index in [2.05, 4.69) is 40.8 Å². The molecule has 0 aliphatic heterocycles. The first-order valence-corrected chi connectivity index (χ1v) is 9.39. The average Bonchev–Trinajstić information content (AvgIpc) is 2.72. The number of aliphatic imine (C=N–C) groups is 1. The van der Waals surface area contributed by atoms with Gasteiger partial charge in [-0.15, -0.1) is 0 Å². The zero-order chi connectivity index (χ0) is 19.3. The third kappa shape index (κ3) is 7.41. The number of nitriles is 1. The Morgan fingerprint density at radius 2 is 1.89 bits per heavy atom. The van der Waals surface area contributed by atoms with Crippen LogP contribution in [-0.2, 0) is 13.0 Å². The summed E-state index contributed by atoms with van der Waals surface area (Å²) in [5.74, 6) is 1.71. The summed E-state index contributed by atoms with van der Waals surface area (Å²) < 4.78 is 5.18. The third-order valence-electron chi connectivity index (χ3n) is 4.16. The molecule has 0 amide bonds. The van der Waals surface area contributed by atoms with Crippen LogP contribution in [0.4, 0.5) is 0 Å². The van der Waals surface area contributed by atoms with E-state index in [1.165, 1.54) is 5.56 Å². The van der Waals surface area contributed by atoms with Gasteiger partial charge in [-0.3, -0.25) is 0 Å². The maximum Gasteiger partial charge on any atom is 0.191 e. The van der Waals surface area contributed by atoms with Crippen molar-refractivity contribution in [3.05, 3.63) is 65.2 Å². The normalized spacial score (nSPS) is 10.9. The smallest absolute Gasteiger partial charge is 0.191 e. The van der Waals surface area contributed by atoms with E-state index >= 15 is 0 Å². The lowest BCUT2D eigenvalue weighted by molar-refractivity contribution is 0.414. The van der Waals surface area contributed by atoms with Gasteiger partial charge in [0.25, 0.3) is 0 Å². The summed E-state index contributed by atoms with van der Waals surface area (Å²) in [4.78, 5) is 4.61. The molecule has 2 N–H and O–H groups in total. The van der Waals surface area contributed by atoms with Crippen LogP contribution < -0.4 is 15.4 Å². The highest BCUT2D eigenvalue weighted by molar-refractivity contribution is 5.79. The summed E-state index contributed by atoms with van der Waals surface area (Å²) >= 11 is 0. The van der Waals surface area contributed by atoms with Crippen LogP contribution in [0, 0.1) is 11.3 Å². The first kappa shape index (κ1) is 20.3. The van der Waals surface area contributed by atoms with Crippen molar-refractivity contribution in [2.75, 3.05) is 20.2 Å². The predicted molar refractivity (Wildman–Crippen MR) is 110 cm³/mol. The number of benzene rings is 2. The van der Waals surface area contributed by atoms with Gasteiger partial charge in [-0.1, -0.05) is 24.3 Å². The molecule has 5 nitrogen and oxygen atoms in total. The van der Waals surface area contributed by atoms with Crippen molar-refractivity contribution in [2.45, 2.75) is 32.7 Å². The summed E-state index contributed by atoms with van der Waals surface area (Å²) in [5, 5.41) is 15.6. The van der Waals surface area contributed by atoms with E-state index < -0.39 is 0 Å². The molecule has 0 unspecified atom stereocenters. The molecule has 0 spiro atoms. The number of guanidine groups is 1. The molecular formula is C22H28N4O. The van der Waals surface area contributed by atoms with Gasteiger partial charge in [-0.25, -0.2) is 4.99 Å². The Morgan fingerprint density at radius 3 is 2.59 bits per heavy atom. The van der Waals surface area contributed by atoms with E-state index in [0.29, 0.717) is 12.1 Å². The van der Waals surface area contributed by atoms with Gasteiger partial charge in [0.15, 0.2) is 5.96 Å². The molecule has 0 saturated carbocycles. The second kappa shape index (κ2) is 11.6. The van der Waals surface area contributed by atoms with E-state index in [1.807, 2.05) is 30.3 Å². The Hall–Kier alpha value is -3.00. The van der Waals surface area contributed by atoms with Crippen LogP contribution in [0.15, 0.2) is 53.5 Å². The molecule has 0 aliphatic rings. The number of hydrogen-bond acceptors (Lipinski definition) is 3. The zero-order valence-electron chi connectivity index (χ0n) is 16.2. The number of hydrogen-bond donors (Lipinski definition) is 2. The topological polar surface area (TPSA) is 69.4 Å². The Kier molecular flexibility index (Phi) is 8.72. The van der Waals surface area contributed by atoms with Gasteiger partial charge in [-0.2, -0.15) is 5.26 Å². The number of ether oxygens (including phenoxy) is 1. The fourth-order valence-electron chi connectivity index (χ4n) is 2.70. The minimum Gasteiger partial charge on any atom is -0.497 e. The van der Waals surface area contributed by atoms with Crippen molar-refractivity contribution in [1.82, 2.24) is 10.6 Å². The lowest BCUT2D eigenvalue weighted by atomic mass is 10.1. The lowest BCUT2D eigenvalue weighted by Gasteiger charge is -2.11. The predicted octanol–water partition coefficient (Wildman–Crippen LogP) is 3.64. The van der Waals surface area contributed by atoms with Gasteiger partial charge >= 0.3 is 0 Å². The van der Waals surface area contributed by atoms with Gasteiger partial charge in [0.1, 0.15) is 5.75 Å². The van der Waals surface area contributed by atoms with Crippen LogP contribution in [0.25, 0.3) is 0 Å². The van der Waals surface area contributed by atoms with E-state index in [9.17, 15) is 0 Å². The van der Waals surface area contributed by atoms with Crippen LogP contribution in [0.2, 0.25) is 0 Å². The van der Waals surface area contributed by atoms with E-state index in [4.69, 9.17) is 10.00 Å². The third-order valence-corrected chi connectivity index (χ3v) is 4.16. The minimum absolute atomic E-state index is 0.552. The molecule has 2 aromatic carbocycles. The molecule has 5 heteroatoms. The number of unbranched alkanes of at least 4 members (excludes halogenated alkanes) is 1. The number of methoxy groups -OCH3 is 1. The van der Waals surface area contributed by atoms with Gasteiger partial charge in [0.2, 0.25) is 0 Å². The van der Waals surface area contributed by atoms with Gasteiger partial charge in [0, 0.05) is 13.1 Å². The Balaban J connectivity index is 1.75. The highest BCUT2D eigenvalue weighted by atomic mass is 16.5. The summed E-state index contributed by atoms with van der Waals surface area (Å²) in [6.07, 6.45) is 3.24. The molecule has 27 heavy (non-hydrogen) atoms. The second-order valence-electron chi connectivity index (χ2n) is 6.24. The van der Waals surface area contributed by atoms with Crippen LogP contribution in [0.3, 0.4) is 0 Å². The van der Waals surface area contributed by atoms with Gasteiger partial charge in [0.05, 0.1) is 25.3 Å². The first-order valence-electron chi connectivity index (χ1n) is 9.39. The molecule has 142 valence electrons. The number of nitrogens with zero attached hydrogens (tertiary/aromatic N) is 2. The molecule has 0 aliphatic carbocycles. The number of aryl methyl sites for hydroxylation is 1. The van der Waals surface area contributed by atoms with Crippen molar-refractivity contribution in [2.24, 2.45) is 4.99 Å². The van der Waals surface area contributed by atoms with Crippen LogP contribution >= 0.6 is 0 Å². The molecule has 0 radical (unpaired) electrons. The van der Waals surface area contributed by atoms with Crippen molar-refractivity contribution in [3.63, 3.8) is 0 Å². The Morgan fingerprint density at radius 1 is 1.07 bits per heavy atom. The van der Waals surface area contributed by atoms with Crippen molar-refractivity contribution in [1.29, 1.82) is 5.26 Å². The van der Waals surface area contributed by atoms with Crippen molar-refractivity contribution >= 4 is 5.96 Å². The van der Waals surface area contributed by atoms with Crippen LogP contribution in [0.1, 0.15) is 36.5 Å². The first-order chi connectivity index (χ1) is 13.2. The SMILES string of the molecule is CCNC(=NCc1cccc(C#N)c1)NCCCCc1ccc(OC)cc1. The highest BCUT2D eigenvalue weighted by Gasteiger charge is 2.00. The number of nitrogens with one attached hydrogen (secondary N) is 2. The molecule has 2 rings (SSSR count). The standard InChI is InChI=1S/C22H28N4O/c1-3-24-22(26-17-20-9-6-8-19(15-20)16-23)25-14-5-4-7-18-10-12-21(27-2)13-11-18/h6,8-13,15H,3-5,7,14,17H2,1-2H3,(H2,24,25,26). The average molecular weight is 364 g/mol. The van der Waals surface area contributed by atoms with Gasteiger partial charge in [-0.05, 0) is 61.6 Å². The van der Waals surface area contributed by atoms with Crippen molar-refractivity contribution < 1.29 is 4.74 Å². The molecule has 0 atom stereocenters. The largest absolute Gasteiger partial charge is 0.497 e.